The molecule has 1 aromatic rings. The Hall–Kier alpha value is -1.82. The first-order valence-corrected chi connectivity index (χ1v) is 6.79. The van der Waals surface area contributed by atoms with Gasteiger partial charge in [0.15, 0.2) is 0 Å². The van der Waals surface area contributed by atoms with Gasteiger partial charge in [0.05, 0.1) is 12.0 Å². The summed E-state index contributed by atoms with van der Waals surface area (Å²) in [5.41, 5.74) is 2.41. The molecular weight excluding hydrogens is 236 g/mol. The van der Waals surface area contributed by atoms with Gasteiger partial charge in [0, 0.05) is 19.5 Å². The number of amides is 1. The van der Waals surface area contributed by atoms with Crippen molar-refractivity contribution in [1.82, 2.24) is 4.90 Å². The van der Waals surface area contributed by atoms with Gasteiger partial charge in [-0.1, -0.05) is 29.8 Å². The molecule has 0 saturated heterocycles. The molecule has 0 aliphatic rings. The molecule has 19 heavy (non-hydrogen) atoms. The maximum atomic E-state index is 12.1. The second-order valence-corrected chi connectivity index (χ2v) is 4.95. The number of carbonyl (C=O) groups is 1. The van der Waals surface area contributed by atoms with E-state index in [1.54, 1.807) is 4.90 Å². The van der Waals surface area contributed by atoms with Crippen molar-refractivity contribution >= 4 is 5.91 Å². The van der Waals surface area contributed by atoms with Crippen LogP contribution in [0.1, 0.15) is 31.4 Å². The van der Waals surface area contributed by atoms with Crippen LogP contribution >= 0.6 is 0 Å². The second-order valence-electron chi connectivity index (χ2n) is 4.95. The summed E-state index contributed by atoms with van der Waals surface area (Å²) in [7, 11) is 0. The van der Waals surface area contributed by atoms with Gasteiger partial charge in [-0.2, -0.15) is 5.26 Å². The lowest BCUT2D eigenvalue weighted by molar-refractivity contribution is -0.131. The standard InChI is InChI=1S/C16H22N2O/c1-4-18(12-14(3)11-17)16(19)9-8-15-7-5-6-13(2)10-15/h5-7,10,14H,4,8-9,12H2,1-3H3. The molecule has 1 rings (SSSR count). The molecule has 0 aliphatic carbocycles. The lowest BCUT2D eigenvalue weighted by Crippen LogP contribution is -2.34. The van der Waals surface area contributed by atoms with E-state index >= 15 is 0 Å². The van der Waals surface area contributed by atoms with Crippen LogP contribution in [0.3, 0.4) is 0 Å². The van der Waals surface area contributed by atoms with E-state index < -0.39 is 0 Å². The lowest BCUT2D eigenvalue weighted by atomic mass is 10.1. The number of hydrogen-bond donors (Lipinski definition) is 0. The van der Waals surface area contributed by atoms with Gasteiger partial charge < -0.3 is 4.90 Å². The highest BCUT2D eigenvalue weighted by Crippen LogP contribution is 2.09. The minimum absolute atomic E-state index is 0.108. The first-order valence-electron chi connectivity index (χ1n) is 6.79. The van der Waals surface area contributed by atoms with Gasteiger partial charge in [-0.15, -0.1) is 0 Å². The van der Waals surface area contributed by atoms with E-state index in [9.17, 15) is 4.79 Å². The lowest BCUT2D eigenvalue weighted by Gasteiger charge is -2.22. The third-order valence-electron chi connectivity index (χ3n) is 3.16. The maximum absolute atomic E-state index is 12.1. The Morgan fingerprint density at radius 2 is 2.21 bits per heavy atom. The van der Waals surface area contributed by atoms with E-state index in [4.69, 9.17) is 5.26 Å². The van der Waals surface area contributed by atoms with Gasteiger partial charge in [0.1, 0.15) is 0 Å². The number of rotatable bonds is 6. The van der Waals surface area contributed by atoms with Gasteiger partial charge in [0.25, 0.3) is 0 Å². The summed E-state index contributed by atoms with van der Waals surface area (Å²) >= 11 is 0. The van der Waals surface area contributed by atoms with Crippen molar-refractivity contribution in [2.24, 2.45) is 5.92 Å². The van der Waals surface area contributed by atoms with Crippen LogP contribution in [0, 0.1) is 24.2 Å². The fourth-order valence-electron chi connectivity index (χ4n) is 2.06. The van der Waals surface area contributed by atoms with Gasteiger partial charge in [-0.25, -0.2) is 0 Å². The molecule has 0 bridgehead atoms. The van der Waals surface area contributed by atoms with Crippen molar-refractivity contribution in [2.75, 3.05) is 13.1 Å². The van der Waals surface area contributed by atoms with Crippen molar-refractivity contribution in [2.45, 2.75) is 33.6 Å². The third kappa shape index (κ3) is 5.13. The molecule has 1 amide bonds. The molecule has 1 aromatic carbocycles. The first-order chi connectivity index (χ1) is 9.06. The van der Waals surface area contributed by atoms with Crippen molar-refractivity contribution < 1.29 is 4.79 Å². The van der Waals surface area contributed by atoms with Crippen LogP contribution in [0.5, 0.6) is 0 Å². The summed E-state index contributed by atoms with van der Waals surface area (Å²) in [5, 5.41) is 8.81. The van der Waals surface area contributed by atoms with E-state index in [1.807, 2.05) is 19.9 Å². The predicted molar refractivity (Wildman–Crippen MR) is 76.5 cm³/mol. The number of aryl methyl sites for hydroxylation is 2. The summed E-state index contributed by atoms with van der Waals surface area (Å²) in [6, 6.07) is 10.4. The smallest absolute Gasteiger partial charge is 0.222 e. The fraction of sp³-hybridized carbons (Fsp3) is 0.500. The molecular formula is C16H22N2O. The highest BCUT2D eigenvalue weighted by Gasteiger charge is 2.14. The average Bonchev–Trinajstić information content (AvgIpc) is 2.41. The molecule has 1 atom stereocenters. The van der Waals surface area contributed by atoms with E-state index in [1.165, 1.54) is 11.1 Å². The van der Waals surface area contributed by atoms with Crippen LogP contribution < -0.4 is 0 Å². The molecule has 3 heteroatoms. The first kappa shape index (κ1) is 15.2. The van der Waals surface area contributed by atoms with Crippen LogP contribution in [0.4, 0.5) is 0 Å². The van der Waals surface area contributed by atoms with Crippen molar-refractivity contribution in [1.29, 1.82) is 5.26 Å². The summed E-state index contributed by atoms with van der Waals surface area (Å²) in [6.07, 6.45) is 1.27. The zero-order valence-electron chi connectivity index (χ0n) is 12.0. The van der Waals surface area contributed by atoms with E-state index in [-0.39, 0.29) is 11.8 Å². The molecule has 102 valence electrons. The quantitative estimate of drug-likeness (QED) is 0.787. The predicted octanol–water partition coefficient (Wildman–Crippen LogP) is 2.94. The maximum Gasteiger partial charge on any atom is 0.222 e. The Bertz CT molecular complexity index is 462. The van der Waals surface area contributed by atoms with Crippen molar-refractivity contribution in [3.8, 4) is 6.07 Å². The molecule has 0 radical (unpaired) electrons. The van der Waals surface area contributed by atoms with Gasteiger partial charge in [0.2, 0.25) is 5.91 Å². The molecule has 0 aromatic heterocycles. The highest BCUT2D eigenvalue weighted by atomic mass is 16.2. The van der Waals surface area contributed by atoms with Crippen LogP contribution in [-0.4, -0.2) is 23.9 Å². The van der Waals surface area contributed by atoms with E-state index in [0.29, 0.717) is 19.5 Å². The minimum atomic E-state index is -0.108. The molecule has 0 N–H and O–H groups in total. The topological polar surface area (TPSA) is 44.1 Å². The zero-order valence-corrected chi connectivity index (χ0v) is 12.0. The summed E-state index contributed by atoms with van der Waals surface area (Å²) in [6.45, 7) is 7.04. The molecule has 0 spiro atoms. The van der Waals surface area contributed by atoms with Crippen LogP contribution in [0.15, 0.2) is 24.3 Å². The Morgan fingerprint density at radius 1 is 1.47 bits per heavy atom. The monoisotopic (exact) mass is 258 g/mol. The van der Waals surface area contributed by atoms with E-state index in [2.05, 4.69) is 31.2 Å². The molecule has 1 unspecified atom stereocenters. The Labute approximate surface area is 115 Å². The van der Waals surface area contributed by atoms with Crippen molar-refractivity contribution in [3.63, 3.8) is 0 Å². The van der Waals surface area contributed by atoms with Crippen LogP contribution in [0.2, 0.25) is 0 Å². The molecule has 3 nitrogen and oxygen atoms in total. The summed E-state index contributed by atoms with van der Waals surface area (Å²) in [5.74, 6) is 0.0222. The van der Waals surface area contributed by atoms with Gasteiger partial charge >= 0.3 is 0 Å². The fourth-order valence-corrected chi connectivity index (χ4v) is 2.06. The largest absolute Gasteiger partial charge is 0.342 e. The second kappa shape index (κ2) is 7.58. The van der Waals surface area contributed by atoms with Crippen molar-refractivity contribution in [3.05, 3.63) is 35.4 Å². The van der Waals surface area contributed by atoms with Gasteiger partial charge in [-0.3, -0.25) is 4.79 Å². The van der Waals surface area contributed by atoms with E-state index in [0.717, 1.165) is 6.42 Å². The summed E-state index contributed by atoms with van der Waals surface area (Å²) in [4.78, 5) is 13.9. The Balaban J connectivity index is 2.51. The summed E-state index contributed by atoms with van der Waals surface area (Å²) < 4.78 is 0. The number of nitriles is 1. The zero-order chi connectivity index (χ0) is 14.3. The number of hydrogen-bond acceptors (Lipinski definition) is 2. The van der Waals surface area contributed by atoms with Crippen LogP contribution in [0.25, 0.3) is 0 Å². The SMILES string of the molecule is CCN(CC(C)C#N)C(=O)CCc1cccc(C)c1. The van der Waals surface area contributed by atoms with Gasteiger partial charge in [-0.05, 0) is 32.8 Å². The molecule has 0 aliphatic heterocycles. The highest BCUT2D eigenvalue weighted by molar-refractivity contribution is 5.76. The molecule has 0 fully saturated rings. The normalized spacial score (nSPS) is 11.7. The average molecular weight is 258 g/mol. The Morgan fingerprint density at radius 3 is 2.79 bits per heavy atom. The minimum Gasteiger partial charge on any atom is -0.342 e. The number of carbonyl (C=O) groups excluding carboxylic acids is 1. The number of nitrogens with zero attached hydrogens (tertiary/aromatic N) is 2. The molecule has 0 saturated carbocycles. The van der Waals surface area contributed by atoms with Crippen LogP contribution in [-0.2, 0) is 11.2 Å². The molecule has 0 heterocycles. The third-order valence-corrected chi connectivity index (χ3v) is 3.16. The Kier molecular flexibility index (Phi) is 6.08. The number of benzene rings is 1.